The average Bonchev–Trinajstić information content (AvgIpc) is 2.78. The number of nitrogens with zero attached hydrogens (tertiary/aromatic N) is 1. The Labute approximate surface area is 96.4 Å². The van der Waals surface area contributed by atoms with E-state index in [0.717, 1.165) is 44.1 Å². The minimum atomic E-state index is 0.426. The molecule has 1 aliphatic heterocycles. The second kappa shape index (κ2) is 5.46. The molecule has 1 unspecified atom stereocenters. The lowest BCUT2D eigenvalue weighted by molar-refractivity contribution is 0.0791. The maximum Gasteiger partial charge on any atom is 0.197 e. The van der Waals surface area contributed by atoms with Crippen molar-refractivity contribution in [2.24, 2.45) is 0 Å². The first-order chi connectivity index (χ1) is 7.79. The Morgan fingerprint density at radius 1 is 1.50 bits per heavy atom. The van der Waals surface area contributed by atoms with Crippen LogP contribution in [-0.4, -0.2) is 31.3 Å². The van der Waals surface area contributed by atoms with E-state index in [9.17, 15) is 0 Å². The van der Waals surface area contributed by atoms with E-state index in [1.807, 2.05) is 13.2 Å². The number of likely N-dealkylation sites (N-methyl/N-ethyl adjacent to an activating group) is 1. The van der Waals surface area contributed by atoms with Gasteiger partial charge >= 0.3 is 0 Å². The monoisotopic (exact) mass is 224 g/mol. The van der Waals surface area contributed by atoms with Crippen LogP contribution in [-0.2, 0) is 11.2 Å². The lowest BCUT2D eigenvalue weighted by atomic mass is 10.0. The van der Waals surface area contributed by atoms with Crippen molar-refractivity contribution in [3.8, 4) is 0 Å². The number of hydrogen-bond donors (Lipinski definition) is 1. The van der Waals surface area contributed by atoms with Crippen LogP contribution in [0.3, 0.4) is 0 Å². The van der Waals surface area contributed by atoms with E-state index in [2.05, 4.69) is 17.2 Å². The Morgan fingerprint density at radius 3 is 2.94 bits per heavy atom. The minimum absolute atomic E-state index is 0.426. The van der Waals surface area contributed by atoms with Crippen molar-refractivity contribution in [2.45, 2.75) is 38.1 Å². The predicted octanol–water partition coefficient (Wildman–Crippen LogP) is 1.72. The van der Waals surface area contributed by atoms with Gasteiger partial charge < -0.3 is 14.5 Å². The Kier molecular flexibility index (Phi) is 3.96. The minimum Gasteiger partial charge on any atom is -0.445 e. The summed E-state index contributed by atoms with van der Waals surface area (Å²) in [5, 5.41) is 3.19. The molecule has 2 rings (SSSR count). The Morgan fingerprint density at radius 2 is 2.25 bits per heavy atom. The molecule has 4 nitrogen and oxygen atoms in total. The molecule has 1 fully saturated rings. The standard InChI is InChI=1S/C12H20N2O2/c1-9(13-2)7-11-8-14-12(16-11)10-3-5-15-6-4-10/h8-10,13H,3-7H2,1-2H3. The predicted molar refractivity (Wildman–Crippen MR) is 61.5 cm³/mol. The highest BCUT2D eigenvalue weighted by Crippen LogP contribution is 2.26. The SMILES string of the molecule is CNC(C)Cc1cnc(C2CCOCC2)o1. The highest BCUT2D eigenvalue weighted by molar-refractivity contribution is 5.01. The van der Waals surface area contributed by atoms with Crippen LogP contribution >= 0.6 is 0 Å². The molecular weight excluding hydrogens is 204 g/mol. The molecule has 0 aromatic carbocycles. The van der Waals surface area contributed by atoms with Gasteiger partial charge in [-0.05, 0) is 26.8 Å². The van der Waals surface area contributed by atoms with Crippen LogP contribution in [0.15, 0.2) is 10.6 Å². The first-order valence-corrected chi connectivity index (χ1v) is 5.99. The van der Waals surface area contributed by atoms with Gasteiger partial charge in [-0.25, -0.2) is 4.98 Å². The molecule has 0 amide bonds. The van der Waals surface area contributed by atoms with Crippen LogP contribution in [0, 0.1) is 0 Å². The van der Waals surface area contributed by atoms with Gasteiger partial charge in [-0.3, -0.25) is 0 Å². The van der Waals surface area contributed by atoms with Crippen molar-refractivity contribution < 1.29 is 9.15 Å². The third-order valence-corrected chi connectivity index (χ3v) is 3.14. The summed E-state index contributed by atoms with van der Waals surface area (Å²) < 4.78 is 11.1. The lowest BCUT2D eigenvalue weighted by Crippen LogP contribution is -2.23. The maximum atomic E-state index is 5.79. The summed E-state index contributed by atoms with van der Waals surface area (Å²) in [7, 11) is 1.96. The van der Waals surface area contributed by atoms with Gasteiger partial charge in [0.15, 0.2) is 5.89 Å². The summed E-state index contributed by atoms with van der Waals surface area (Å²) >= 11 is 0. The molecule has 1 aromatic heterocycles. The third-order valence-electron chi connectivity index (χ3n) is 3.14. The van der Waals surface area contributed by atoms with Crippen LogP contribution in [0.5, 0.6) is 0 Å². The maximum absolute atomic E-state index is 5.79. The fraction of sp³-hybridized carbons (Fsp3) is 0.750. The first kappa shape index (κ1) is 11.6. The molecule has 1 N–H and O–H groups in total. The molecule has 2 heterocycles. The van der Waals surface area contributed by atoms with Crippen LogP contribution in [0.4, 0.5) is 0 Å². The van der Waals surface area contributed by atoms with E-state index in [1.165, 1.54) is 0 Å². The fourth-order valence-corrected chi connectivity index (χ4v) is 1.95. The number of aromatic nitrogens is 1. The quantitative estimate of drug-likeness (QED) is 0.846. The van der Waals surface area contributed by atoms with Gasteiger partial charge in [0.2, 0.25) is 0 Å². The van der Waals surface area contributed by atoms with Crippen molar-refractivity contribution in [1.82, 2.24) is 10.3 Å². The van der Waals surface area contributed by atoms with Crippen molar-refractivity contribution in [3.63, 3.8) is 0 Å². The summed E-state index contributed by atoms with van der Waals surface area (Å²) in [6, 6.07) is 0.426. The highest BCUT2D eigenvalue weighted by Gasteiger charge is 2.20. The topological polar surface area (TPSA) is 47.3 Å². The summed E-state index contributed by atoms with van der Waals surface area (Å²) in [5.41, 5.74) is 0. The Bertz CT molecular complexity index is 319. The molecule has 0 spiro atoms. The number of hydrogen-bond acceptors (Lipinski definition) is 4. The largest absolute Gasteiger partial charge is 0.445 e. The van der Waals surface area contributed by atoms with E-state index in [4.69, 9.17) is 9.15 Å². The van der Waals surface area contributed by atoms with Gasteiger partial charge in [0.05, 0.1) is 6.20 Å². The molecule has 1 saturated heterocycles. The van der Waals surface area contributed by atoms with Gasteiger partial charge in [0.25, 0.3) is 0 Å². The number of nitrogens with one attached hydrogen (secondary N) is 1. The van der Waals surface area contributed by atoms with Gasteiger partial charge in [-0.1, -0.05) is 0 Å². The summed E-state index contributed by atoms with van der Waals surface area (Å²) in [5.74, 6) is 2.32. The van der Waals surface area contributed by atoms with E-state index in [-0.39, 0.29) is 0 Å². The third kappa shape index (κ3) is 2.83. The van der Waals surface area contributed by atoms with Crippen molar-refractivity contribution in [1.29, 1.82) is 0 Å². The second-order valence-corrected chi connectivity index (χ2v) is 4.45. The molecule has 90 valence electrons. The zero-order valence-electron chi connectivity index (χ0n) is 10.0. The number of oxazole rings is 1. The molecule has 16 heavy (non-hydrogen) atoms. The molecule has 1 atom stereocenters. The van der Waals surface area contributed by atoms with Gasteiger partial charge in [0.1, 0.15) is 5.76 Å². The highest BCUT2D eigenvalue weighted by atomic mass is 16.5. The number of ether oxygens (including phenoxy) is 1. The van der Waals surface area contributed by atoms with E-state index in [0.29, 0.717) is 12.0 Å². The lowest BCUT2D eigenvalue weighted by Gasteiger charge is -2.18. The van der Waals surface area contributed by atoms with E-state index < -0.39 is 0 Å². The average molecular weight is 224 g/mol. The van der Waals surface area contributed by atoms with E-state index in [1.54, 1.807) is 0 Å². The summed E-state index contributed by atoms with van der Waals surface area (Å²) in [4.78, 5) is 4.38. The van der Waals surface area contributed by atoms with Crippen LogP contribution in [0.1, 0.15) is 37.3 Å². The van der Waals surface area contributed by atoms with Crippen LogP contribution in [0.25, 0.3) is 0 Å². The molecule has 4 heteroatoms. The molecule has 0 bridgehead atoms. The van der Waals surface area contributed by atoms with Gasteiger partial charge in [-0.2, -0.15) is 0 Å². The second-order valence-electron chi connectivity index (χ2n) is 4.45. The van der Waals surface area contributed by atoms with Crippen molar-refractivity contribution in [2.75, 3.05) is 20.3 Å². The smallest absolute Gasteiger partial charge is 0.197 e. The molecule has 0 aliphatic carbocycles. The fourth-order valence-electron chi connectivity index (χ4n) is 1.95. The molecule has 1 aromatic rings. The molecule has 0 radical (unpaired) electrons. The first-order valence-electron chi connectivity index (χ1n) is 5.99. The van der Waals surface area contributed by atoms with Crippen molar-refractivity contribution >= 4 is 0 Å². The molecule has 0 saturated carbocycles. The van der Waals surface area contributed by atoms with Crippen LogP contribution in [0.2, 0.25) is 0 Å². The molecular formula is C12H20N2O2. The normalized spacial score (nSPS) is 19.9. The summed E-state index contributed by atoms with van der Waals surface area (Å²) in [6.07, 6.45) is 4.81. The van der Waals surface area contributed by atoms with Gasteiger partial charge in [0, 0.05) is 31.6 Å². The van der Waals surface area contributed by atoms with Crippen molar-refractivity contribution in [3.05, 3.63) is 17.8 Å². The zero-order valence-corrected chi connectivity index (χ0v) is 10.0. The van der Waals surface area contributed by atoms with E-state index >= 15 is 0 Å². The Balaban J connectivity index is 1.95. The number of rotatable bonds is 4. The molecule has 1 aliphatic rings. The van der Waals surface area contributed by atoms with Crippen LogP contribution < -0.4 is 5.32 Å². The Hall–Kier alpha value is -0.870. The zero-order chi connectivity index (χ0) is 11.4. The summed E-state index contributed by atoms with van der Waals surface area (Å²) in [6.45, 7) is 3.79. The van der Waals surface area contributed by atoms with Gasteiger partial charge in [-0.15, -0.1) is 0 Å².